The van der Waals surface area contributed by atoms with Crippen molar-refractivity contribution >= 4 is 46.2 Å². The van der Waals surface area contributed by atoms with E-state index in [4.69, 9.17) is 14.2 Å². The molecule has 0 bridgehead atoms. The molecule has 0 N–H and O–H groups in total. The molecule has 10 nitrogen and oxygen atoms in total. The van der Waals surface area contributed by atoms with Crippen LogP contribution < -0.4 is 9.47 Å². The summed E-state index contributed by atoms with van der Waals surface area (Å²) in [5.74, 6) is 0.214. The van der Waals surface area contributed by atoms with Crippen LogP contribution in [0.15, 0.2) is 72.0 Å². The van der Waals surface area contributed by atoms with E-state index in [1.54, 1.807) is 51.1 Å². The van der Waals surface area contributed by atoms with E-state index in [-0.39, 0.29) is 40.5 Å². The van der Waals surface area contributed by atoms with Crippen LogP contribution in [0.2, 0.25) is 0 Å². The van der Waals surface area contributed by atoms with E-state index in [0.717, 1.165) is 0 Å². The molecule has 0 radical (unpaired) electrons. The largest absolute Gasteiger partial charge is 0.497 e. The number of methoxy groups -OCH3 is 1. The van der Waals surface area contributed by atoms with Gasteiger partial charge in [0.05, 0.1) is 23.8 Å². The van der Waals surface area contributed by atoms with Crippen molar-refractivity contribution in [2.75, 3.05) is 12.9 Å². The zero-order chi connectivity index (χ0) is 29.4. The number of likely N-dealkylation sites (tertiary alicyclic amines) is 1. The van der Waals surface area contributed by atoms with Gasteiger partial charge in [-0.2, -0.15) is 0 Å². The average Bonchev–Trinajstić information content (AvgIpc) is 2.92. The lowest BCUT2D eigenvalue weighted by Gasteiger charge is -2.40. The molecular formula is C28H30N2O8S2. The summed E-state index contributed by atoms with van der Waals surface area (Å²) in [6.45, 7) is 8.69. The molecule has 0 aromatic heterocycles. The van der Waals surface area contributed by atoms with Gasteiger partial charge in [0.2, 0.25) is 11.0 Å². The van der Waals surface area contributed by atoms with Gasteiger partial charge in [0, 0.05) is 23.3 Å². The highest BCUT2D eigenvalue weighted by atomic mass is 32.2. The maximum absolute atomic E-state index is 13.6. The number of β-lactam (4-membered cyclic amide) rings is 1. The number of hydrogen-bond acceptors (Lipinski definition) is 10. The van der Waals surface area contributed by atoms with Crippen molar-refractivity contribution in [3.05, 3.63) is 87.7 Å². The molecule has 1 amide bonds. The normalized spacial score (nSPS) is 15.4. The summed E-state index contributed by atoms with van der Waals surface area (Å²) >= 11 is 2.12. The number of hydrogen-bond donors (Lipinski definition) is 0. The van der Waals surface area contributed by atoms with Crippen molar-refractivity contribution in [2.45, 2.75) is 39.2 Å². The maximum atomic E-state index is 13.6. The third-order valence-corrected chi connectivity index (χ3v) is 7.98. The van der Waals surface area contributed by atoms with Crippen LogP contribution in [0.4, 0.5) is 5.69 Å². The number of nitro benzene ring substituents is 1. The Balaban J connectivity index is 2.03. The fourth-order valence-corrected chi connectivity index (χ4v) is 5.17. The lowest BCUT2D eigenvalue weighted by atomic mass is 10.00. The lowest BCUT2D eigenvalue weighted by molar-refractivity contribution is -0.384. The zero-order valence-corrected chi connectivity index (χ0v) is 24.2. The van der Waals surface area contributed by atoms with Crippen LogP contribution in [0.1, 0.15) is 32.8 Å². The highest BCUT2D eigenvalue weighted by Gasteiger charge is 2.44. The predicted molar refractivity (Wildman–Crippen MR) is 153 cm³/mol. The minimum Gasteiger partial charge on any atom is -0.497 e. The molecule has 1 unspecified atom stereocenters. The first-order valence-electron chi connectivity index (χ1n) is 12.2. The predicted octanol–water partition coefficient (Wildman–Crippen LogP) is 5.68. The van der Waals surface area contributed by atoms with E-state index in [2.05, 4.69) is 6.58 Å². The Labute approximate surface area is 240 Å². The SMILES string of the molecule is C=CCSC1CC(=O)N1C(C(=O)OCc1ccc([N+](=O)[O-])cc1)=C(Oc1ccc(OC)cc1)SC(=O)C(C)(C)C. The van der Waals surface area contributed by atoms with Gasteiger partial charge in [-0.3, -0.25) is 24.6 Å². The summed E-state index contributed by atoms with van der Waals surface area (Å²) in [6, 6.07) is 12.1. The highest BCUT2D eigenvalue weighted by molar-refractivity contribution is 8.16. The van der Waals surface area contributed by atoms with Crippen molar-refractivity contribution in [2.24, 2.45) is 5.41 Å². The number of nitro groups is 1. The molecule has 1 aliphatic rings. The molecular weight excluding hydrogens is 556 g/mol. The number of carbonyl (C=O) groups is 3. The second-order valence-electron chi connectivity index (χ2n) is 9.60. The fraction of sp³-hybridized carbons (Fsp3) is 0.321. The van der Waals surface area contributed by atoms with Crippen LogP contribution in [0, 0.1) is 15.5 Å². The molecule has 0 aliphatic carbocycles. The average molecular weight is 587 g/mol. The minimum absolute atomic E-state index is 0.101. The lowest BCUT2D eigenvalue weighted by Crippen LogP contribution is -2.52. The van der Waals surface area contributed by atoms with Crippen molar-refractivity contribution in [3.8, 4) is 11.5 Å². The standard InChI is InChI=1S/C28H30N2O8S2/c1-6-15-39-23-16-22(31)29(23)24(25(32)37-17-18-7-9-19(10-8-18)30(34)35)26(40-27(33)28(2,3)4)38-21-13-11-20(36-5)12-14-21/h6-14,23H,1,15-17H2,2-5H3. The molecule has 1 heterocycles. The zero-order valence-electron chi connectivity index (χ0n) is 22.6. The molecule has 1 fully saturated rings. The quantitative estimate of drug-likeness (QED) is 0.0583. The first kappa shape index (κ1) is 30.8. The second kappa shape index (κ2) is 13.5. The van der Waals surface area contributed by atoms with Gasteiger partial charge < -0.3 is 14.2 Å². The Kier molecular flexibility index (Phi) is 10.4. The molecule has 0 spiro atoms. The minimum atomic E-state index is -0.881. The number of thioether (sulfide) groups is 2. The van der Waals surface area contributed by atoms with Crippen LogP contribution >= 0.6 is 23.5 Å². The third kappa shape index (κ3) is 7.89. The highest BCUT2D eigenvalue weighted by Crippen LogP contribution is 2.40. The summed E-state index contributed by atoms with van der Waals surface area (Å²) in [5.41, 5.74) is -0.584. The van der Waals surface area contributed by atoms with Gasteiger partial charge in [-0.1, -0.05) is 26.8 Å². The van der Waals surface area contributed by atoms with Crippen molar-refractivity contribution in [1.29, 1.82) is 0 Å². The number of esters is 1. The van der Waals surface area contributed by atoms with Gasteiger partial charge in [-0.25, -0.2) is 4.79 Å². The fourth-order valence-electron chi connectivity index (χ4n) is 3.29. The first-order chi connectivity index (χ1) is 18.9. The topological polar surface area (TPSA) is 125 Å². The molecule has 0 saturated carbocycles. The van der Waals surface area contributed by atoms with Gasteiger partial charge >= 0.3 is 5.97 Å². The van der Waals surface area contributed by atoms with Crippen molar-refractivity contribution in [1.82, 2.24) is 4.90 Å². The Bertz CT molecular complexity index is 1300. The Morgan fingerprint density at radius 1 is 1.12 bits per heavy atom. The van der Waals surface area contributed by atoms with E-state index >= 15 is 0 Å². The van der Waals surface area contributed by atoms with Gasteiger partial charge in [0.1, 0.15) is 18.1 Å². The van der Waals surface area contributed by atoms with Crippen LogP contribution in [0.3, 0.4) is 0 Å². The van der Waals surface area contributed by atoms with E-state index in [1.807, 2.05) is 0 Å². The maximum Gasteiger partial charge on any atom is 0.359 e. The van der Waals surface area contributed by atoms with Gasteiger partial charge in [0.25, 0.3) is 5.69 Å². The molecule has 2 aromatic rings. The van der Waals surface area contributed by atoms with Crippen molar-refractivity contribution in [3.63, 3.8) is 0 Å². The molecule has 2 aromatic carbocycles. The van der Waals surface area contributed by atoms with Crippen LogP contribution in [-0.2, 0) is 25.7 Å². The summed E-state index contributed by atoms with van der Waals surface area (Å²) in [4.78, 5) is 51.3. The van der Waals surface area contributed by atoms with Crippen LogP contribution in [-0.4, -0.2) is 45.1 Å². The van der Waals surface area contributed by atoms with Gasteiger partial charge in [0.15, 0.2) is 10.8 Å². The summed E-state index contributed by atoms with van der Waals surface area (Å²) in [5, 5.41) is 10.2. The molecule has 40 heavy (non-hydrogen) atoms. The van der Waals surface area contributed by atoms with Gasteiger partial charge in [-0.15, -0.1) is 18.3 Å². The van der Waals surface area contributed by atoms with Crippen LogP contribution in [0.5, 0.6) is 11.5 Å². The molecule has 3 rings (SSSR count). The smallest absolute Gasteiger partial charge is 0.359 e. The number of amides is 1. The Morgan fingerprint density at radius 3 is 2.27 bits per heavy atom. The molecule has 1 saturated heterocycles. The van der Waals surface area contributed by atoms with E-state index in [1.165, 1.54) is 48.0 Å². The number of carbonyl (C=O) groups excluding carboxylic acids is 3. The monoisotopic (exact) mass is 586 g/mol. The second-order valence-corrected chi connectivity index (χ2v) is 11.8. The number of rotatable bonds is 12. The molecule has 212 valence electrons. The summed E-state index contributed by atoms with van der Waals surface area (Å²) in [7, 11) is 1.52. The summed E-state index contributed by atoms with van der Waals surface area (Å²) < 4.78 is 16.8. The van der Waals surface area contributed by atoms with E-state index in [9.17, 15) is 24.5 Å². The van der Waals surface area contributed by atoms with Crippen molar-refractivity contribution < 1.29 is 33.5 Å². The molecule has 1 atom stereocenters. The molecule has 1 aliphatic heterocycles. The van der Waals surface area contributed by atoms with Crippen LogP contribution in [0.25, 0.3) is 0 Å². The van der Waals surface area contributed by atoms with Gasteiger partial charge in [-0.05, 0) is 53.7 Å². The number of benzene rings is 2. The van der Waals surface area contributed by atoms with E-state index in [0.29, 0.717) is 34.6 Å². The third-order valence-electron chi connectivity index (χ3n) is 5.52. The number of non-ortho nitro benzene ring substituents is 1. The molecule has 12 heteroatoms. The first-order valence-corrected chi connectivity index (χ1v) is 14.0. The van der Waals surface area contributed by atoms with E-state index < -0.39 is 21.7 Å². The Hall–Kier alpha value is -3.77. The number of ether oxygens (including phenoxy) is 3. The summed E-state index contributed by atoms with van der Waals surface area (Å²) in [6.07, 6.45) is 1.87. The Morgan fingerprint density at radius 2 is 1.75 bits per heavy atom. The number of nitrogens with zero attached hydrogens (tertiary/aromatic N) is 2.